The Kier molecular flexibility index (Phi) is 4.93. The summed E-state index contributed by atoms with van der Waals surface area (Å²) in [5.41, 5.74) is 1.62. The van der Waals surface area contributed by atoms with Crippen molar-refractivity contribution in [1.29, 1.82) is 0 Å². The molecule has 2 heterocycles. The van der Waals surface area contributed by atoms with Gasteiger partial charge in [-0.25, -0.2) is 13.4 Å². The van der Waals surface area contributed by atoms with Crippen LogP contribution in [0.25, 0.3) is 10.8 Å². The van der Waals surface area contributed by atoms with Gasteiger partial charge in [0, 0.05) is 0 Å². The van der Waals surface area contributed by atoms with Gasteiger partial charge >= 0.3 is 0 Å². The third-order valence-corrected chi connectivity index (χ3v) is 5.92. The number of hydrogen-bond donors (Lipinski definition) is 0. The van der Waals surface area contributed by atoms with Crippen molar-refractivity contribution in [3.05, 3.63) is 65.4 Å². The van der Waals surface area contributed by atoms with Crippen LogP contribution in [0, 0.1) is 0 Å². The summed E-state index contributed by atoms with van der Waals surface area (Å²) in [6.45, 7) is 0. The van der Waals surface area contributed by atoms with Gasteiger partial charge in [-0.2, -0.15) is 0 Å². The van der Waals surface area contributed by atoms with Gasteiger partial charge in [-0.15, -0.1) is 11.3 Å². The van der Waals surface area contributed by atoms with Crippen LogP contribution in [-0.2, 0) is 22.0 Å². The third-order valence-electron chi connectivity index (χ3n) is 3.42. The molecule has 0 bridgehead atoms. The zero-order valence-electron chi connectivity index (χ0n) is 12.5. The molecule has 0 radical (unpaired) electrons. The van der Waals surface area contributed by atoms with Crippen molar-refractivity contribution in [3.8, 4) is 10.8 Å². The largest absolute Gasteiger partial charge is 0.444 e. The molecule has 0 aliphatic carbocycles. The van der Waals surface area contributed by atoms with Crippen molar-refractivity contribution in [1.82, 2.24) is 4.98 Å². The molecule has 2 aromatic heterocycles. The topological polar surface area (TPSA) is 60.2 Å². The summed E-state index contributed by atoms with van der Waals surface area (Å²) in [5.74, 6) is 0.564. The van der Waals surface area contributed by atoms with E-state index in [0.717, 1.165) is 16.9 Å². The van der Waals surface area contributed by atoms with E-state index < -0.39 is 9.84 Å². The van der Waals surface area contributed by atoms with Crippen LogP contribution < -0.4 is 0 Å². The quantitative estimate of drug-likeness (QED) is 0.649. The second-order valence-corrected chi connectivity index (χ2v) is 8.43. The van der Waals surface area contributed by atoms with E-state index in [1.54, 1.807) is 0 Å². The van der Waals surface area contributed by atoms with Gasteiger partial charge in [-0.3, -0.25) is 0 Å². The molecule has 0 saturated carbocycles. The highest BCUT2D eigenvalue weighted by Gasteiger charge is 2.16. The summed E-state index contributed by atoms with van der Waals surface area (Å²) in [4.78, 5) is 5.17. The summed E-state index contributed by atoms with van der Waals surface area (Å²) in [5, 5.41) is 1.93. The highest BCUT2D eigenvalue weighted by Crippen LogP contribution is 2.24. The van der Waals surface area contributed by atoms with Gasteiger partial charge in [-0.1, -0.05) is 36.4 Å². The molecular weight excluding hydrogens is 330 g/mol. The first-order valence-electron chi connectivity index (χ1n) is 7.35. The summed E-state index contributed by atoms with van der Waals surface area (Å²) < 4.78 is 29.8. The van der Waals surface area contributed by atoms with E-state index in [2.05, 4.69) is 4.98 Å². The first-order chi connectivity index (χ1) is 11.1. The summed E-state index contributed by atoms with van der Waals surface area (Å²) in [6, 6.07) is 13.7. The maximum absolute atomic E-state index is 12.2. The van der Waals surface area contributed by atoms with E-state index in [0.29, 0.717) is 18.0 Å². The first kappa shape index (κ1) is 16.0. The normalized spacial score (nSPS) is 11.7. The second-order valence-electron chi connectivity index (χ2n) is 5.30. The zero-order chi connectivity index (χ0) is 16.1. The first-order valence-corrected chi connectivity index (χ1v) is 10.1. The summed E-state index contributed by atoms with van der Waals surface area (Å²) in [6.07, 6.45) is 2.81. The van der Waals surface area contributed by atoms with Crippen LogP contribution in [0.2, 0.25) is 0 Å². The van der Waals surface area contributed by atoms with Gasteiger partial charge < -0.3 is 4.42 Å². The standard InChI is InChI=1S/C17H17NO3S2/c19-23(20,11-5-8-14-6-2-1-3-7-14)13-15-12-21-17(18-15)16-9-4-10-22-16/h1-4,6-7,9-10,12H,5,8,11,13H2. The van der Waals surface area contributed by atoms with E-state index in [4.69, 9.17) is 4.42 Å². The van der Waals surface area contributed by atoms with E-state index in [9.17, 15) is 8.42 Å². The van der Waals surface area contributed by atoms with Crippen LogP contribution in [0.5, 0.6) is 0 Å². The maximum atomic E-state index is 12.2. The molecule has 0 aliphatic heterocycles. The van der Waals surface area contributed by atoms with Gasteiger partial charge in [0.2, 0.25) is 5.89 Å². The number of rotatable bonds is 7. The van der Waals surface area contributed by atoms with E-state index >= 15 is 0 Å². The molecule has 0 saturated heterocycles. The van der Waals surface area contributed by atoms with Gasteiger partial charge in [0.1, 0.15) is 6.26 Å². The van der Waals surface area contributed by atoms with E-state index in [-0.39, 0.29) is 11.5 Å². The number of thiophene rings is 1. The summed E-state index contributed by atoms with van der Waals surface area (Å²) in [7, 11) is -3.18. The van der Waals surface area contributed by atoms with Crippen molar-refractivity contribution in [3.63, 3.8) is 0 Å². The molecule has 0 atom stereocenters. The number of benzene rings is 1. The third kappa shape index (κ3) is 4.53. The minimum absolute atomic E-state index is 0.0728. The molecule has 1 aromatic carbocycles. The van der Waals surface area contributed by atoms with Crippen LogP contribution in [-0.4, -0.2) is 19.2 Å². The fraction of sp³-hybridized carbons (Fsp3) is 0.235. The average molecular weight is 347 g/mol. The molecule has 23 heavy (non-hydrogen) atoms. The van der Waals surface area contributed by atoms with Gasteiger partial charge in [0.05, 0.1) is 22.1 Å². The van der Waals surface area contributed by atoms with Crippen molar-refractivity contribution in [2.75, 3.05) is 5.75 Å². The lowest BCUT2D eigenvalue weighted by Gasteiger charge is -2.03. The number of sulfone groups is 1. The predicted octanol–water partition coefficient (Wildman–Crippen LogP) is 3.95. The van der Waals surface area contributed by atoms with Gasteiger partial charge in [0.25, 0.3) is 0 Å². The zero-order valence-corrected chi connectivity index (χ0v) is 14.1. The van der Waals surface area contributed by atoms with E-state index in [1.807, 2.05) is 47.8 Å². The molecule has 0 spiro atoms. The SMILES string of the molecule is O=S(=O)(CCCc1ccccc1)Cc1coc(-c2cccs2)n1. The fourth-order valence-corrected chi connectivity index (χ4v) is 4.29. The molecule has 120 valence electrons. The highest BCUT2D eigenvalue weighted by atomic mass is 32.2. The van der Waals surface area contributed by atoms with Crippen LogP contribution in [0.4, 0.5) is 0 Å². The van der Waals surface area contributed by atoms with Gasteiger partial charge in [-0.05, 0) is 29.9 Å². The number of nitrogens with zero attached hydrogens (tertiary/aromatic N) is 1. The Balaban J connectivity index is 1.56. The van der Waals surface area contributed by atoms with Crippen molar-refractivity contribution >= 4 is 21.2 Å². The van der Waals surface area contributed by atoms with E-state index in [1.165, 1.54) is 17.6 Å². The van der Waals surface area contributed by atoms with Crippen molar-refractivity contribution in [2.45, 2.75) is 18.6 Å². The van der Waals surface area contributed by atoms with Crippen molar-refractivity contribution in [2.24, 2.45) is 0 Å². The maximum Gasteiger partial charge on any atom is 0.236 e. The lowest BCUT2D eigenvalue weighted by Crippen LogP contribution is -2.10. The van der Waals surface area contributed by atoms with Crippen molar-refractivity contribution < 1.29 is 12.8 Å². The number of oxazole rings is 1. The van der Waals surface area contributed by atoms with Crippen LogP contribution in [0.15, 0.2) is 58.5 Å². The monoisotopic (exact) mass is 347 g/mol. The predicted molar refractivity (Wildman–Crippen MR) is 92.1 cm³/mol. The molecule has 3 aromatic rings. The Morgan fingerprint density at radius 3 is 2.65 bits per heavy atom. The highest BCUT2D eigenvalue weighted by molar-refractivity contribution is 7.90. The van der Waals surface area contributed by atoms with Gasteiger partial charge in [0.15, 0.2) is 9.84 Å². The summed E-state index contributed by atoms with van der Waals surface area (Å²) >= 11 is 1.51. The molecule has 3 rings (SSSR count). The molecule has 0 fully saturated rings. The molecular formula is C17H17NO3S2. The fourth-order valence-electron chi connectivity index (χ4n) is 2.33. The molecule has 0 unspecified atom stereocenters. The van der Waals surface area contributed by atoms with Crippen LogP contribution >= 0.6 is 11.3 Å². The molecule has 4 nitrogen and oxygen atoms in total. The lowest BCUT2D eigenvalue weighted by molar-refractivity contribution is 0.573. The van der Waals surface area contributed by atoms with Crippen LogP contribution in [0.1, 0.15) is 17.7 Å². The number of hydrogen-bond acceptors (Lipinski definition) is 5. The lowest BCUT2D eigenvalue weighted by atomic mass is 10.1. The average Bonchev–Trinajstić information content (AvgIpc) is 3.18. The Labute approximate surface area is 139 Å². The Hall–Kier alpha value is -1.92. The van der Waals surface area contributed by atoms with Crippen LogP contribution in [0.3, 0.4) is 0 Å². The molecule has 6 heteroatoms. The number of aryl methyl sites for hydroxylation is 1. The molecule has 0 aliphatic rings. The Morgan fingerprint density at radius 1 is 1.09 bits per heavy atom. The second kappa shape index (κ2) is 7.10. The molecule has 0 amide bonds. The molecule has 0 N–H and O–H groups in total. The Morgan fingerprint density at radius 2 is 1.91 bits per heavy atom. The smallest absolute Gasteiger partial charge is 0.236 e. The number of aromatic nitrogens is 1. The minimum Gasteiger partial charge on any atom is -0.444 e. The Bertz CT molecular complexity index is 837. The minimum atomic E-state index is -3.18.